The van der Waals surface area contributed by atoms with Gasteiger partial charge in [-0.15, -0.1) is 0 Å². The maximum atomic E-state index is 12.4. The van der Waals surface area contributed by atoms with Crippen LogP contribution in [0.2, 0.25) is 0 Å². The first-order valence-corrected chi connectivity index (χ1v) is 12.0. The largest absolute Gasteiger partial charge is 0.459 e. The minimum atomic E-state index is -1.99. The average molecular weight is 543 g/mol. The molecule has 1 aliphatic rings. The molecule has 0 spiro atoms. The van der Waals surface area contributed by atoms with Crippen LogP contribution in [-0.4, -0.2) is 93.1 Å². The van der Waals surface area contributed by atoms with Crippen molar-refractivity contribution in [3.05, 3.63) is 36.5 Å². The SMILES string of the molecule is C=C(C)C(=O)OC1CC(O)C(OC(=O)C(=C)C)C(O)CC(OC(=O)C(C)C)C(O)C(OC(=O)C(=C)C)C1O. The quantitative estimate of drug-likeness (QED) is 0.186. The Morgan fingerprint density at radius 2 is 0.974 bits per heavy atom. The zero-order chi connectivity index (χ0) is 29.5. The first-order valence-electron chi connectivity index (χ1n) is 12.0. The van der Waals surface area contributed by atoms with Crippen LogP contribution in [0.4, 0.5) is 0 Å². The molecule has 8 unspecified atom stereocenters. The van der Waals surface area contributed by atoms with Crippen molar-refractivity contribution in [3.63, 3.8) is 0 Å². The Labute approximate surface area is 221 Å². The Balaban J connectivity index is 3.66. The second kappa shape index (κ2) is 14.2. The van der Waals surface area contributed by atoms with Gasteiger partial charge in [-0.2, -0.15) is 0 Å². The van der Waals surface area contributed by atoms with Crippen molar-refractivity contribution in [2.24, 2.45) is 5.92 Å². The highest BCUT2D eigenvalue weighted by Crippen LogP contribution is 2.28. The molecule has 0 aromatic heterocycles. The van der Waals surface area contributed by atoms with E-state index in [0.29, 0.717) is 0 Å². The second-order valence-corrected chi connectivity index (χ2v) is 9.74. The summed E-state index contributed by atoms with van der Waals surface area (Å²) >= 11 is 0. The number of rotatable bonds is 8. The molecule has 1 aliphatic carbocycles. The molecule has 0 bridgehead atoms. The van der Waals surface area contributed by atoms with E-state index in [0.717, 1.165) is 0 Å². The molecule has 4 N–H and O–H groups in total. The molecular formula is C26H38O12. The number of ether oxygens (including phenoxy) is 4. The summed E-state index contributed by atoms with van der Waals surface area (Å²) in [5, 5.41) is 44.2. The molecule has 0 radical (unpaired) electrons. The van der Waals surface area contributed by atoms with Gasteiger partial charge in [0.2, 0.25) is 0 Å². The number of hydrogen-bond donors (Lipinski definition) is 4. The molecule has 12 heteroatoms. The van der Waals surface area contributed by atoms with Gasteiger partial charge in [-0.25, -0.2) is 14.4 Å². The Hall–Kier alpha value is -3.06. The molecule has 1 fully saturated rings. The highest BCUT2D eigenvalue weighted by Gasteiger charge is 2.48. The van der Waals surface area contributed by atoms with Crippen molar-refractivity contribution in [2.75, 3.05) is 0 Å². The molecule has 12 nitrogen and oxygen atoms in total. The fourth-order valence-corrected chi connectivity index (χ4v) is 3.41. The van der Waals surface area contributed by atoms with E-state index in [1.54, 1.807) is 0 Å². The summed E-state index contributed by atoms with van der Waals surface area (Å²) in [6, 6.07) is 0. The topological polar surface area (TPSA) is 186 Å². The van der Waals surface area contributed by atoms with Gasteiger partial charge in [0, 0.05) is 29.6 Å². The van der Waals surface area contributed by atoms with E-state index in [1.165, 1.54) is 34.6 Å². The predicted molar refractivity (Wildman–Crippen MR) is 132 cm³/mol. The molecule has 0 aliphatic heterocycles. The standard InChI is InChI=1S/C26H38O12/c1-11(2)23(31)35-17-9-15(27)21(37-25(33)13(5)6)16(28)10-18(36-24(32)12(3)4)20(30)22(19(17)29)38-26(34)14(7)8/h12,15-22,27-30H,1,5,7,9-10H2,2-4,6,8H3. The average Bonchev–Trinajstić information content (AvgIpc) is 2.82. The van der Waals surface area contributed by atoms with E-state index < -0.39 is 91.5 Å². The van der Waals surface area contributed by atoms with Crippen molar-refractivity contribution in [1.29, 1.82) is 0 Å². The highest BCUT2D eigenvalue weighted by atomic mass is 16.6. The number of aliphatic hydroxyl groups is 4. The number of carbonyl (C=O) groups excluding carboxylic acids is 4. The van der Waals surface area contributed by atoms with Crippen LogP contribution in [0.25, 0.3) is 0 Å². The van der Waals surface area contributed by atoms with Gasteiger partial charge in [0.15, 0.2) is 12.2 Å². The van der Waals surface area contributed by atoms with Crippen LogP contribution >= 0.6 is 0 Å². The highest BCUT2D eigenvalue weighted by molar-refractivity contribution is 5.88. The van der Waals surface area contributed by atoms with E-state index in [-0.39, 0.29) is 16.7 Å². The van der Waals surface area contributed by atoms with Gasteiger partial charge >= 0.3 is 23.9 Å². The van der Waals surface area contributed by atoms with Crippen LogP contribution in [-0.2, 0) is 38.1 Å². The monoisotopic (exact) mass is 542 g/mol. The third-order valence-corrected chi connectivity index (χ3v) is 5.67. The molecule has 0 saturated heterocycles. The molecule has 1 saturated carbocycles. The lowest BCUT2D eigenvalue weighted by molar-refractivity contribution is -0.206. The van der Waals surface area contributed by atoms with Crippen LogP contribution in [0.15, 0.2) is 36.5 Å². The summed E-state index contributed by atoms with van der Waals surface area (Å²) in [6.45, 7) is 17.3. The smallest absolute Gasteiger partial charge is 0.333 e. The molecule has 8 atom stereocenters. The maximum absolute atomic E-state index is 12.4. The molecule has 0 amide bonds. The van der Waals surface area contributed by atoms with Crippen molar-refractivity contribution in [3.8, 4) is 0 Å². The molecule has 0 heterocycles. The molecule has 1 rings (SSSR count). The van der Waals surface area contributed by atoms with Gasteiger partial charge in [0.25, 0.3) is 0 Å². The minimum absolute atomic E-state index is 0.0543. The van der Waals surface area contributed by atoms with Gasteiger partial charge in [0.1, 0.15) is 24.4 Å². The van der Waals surface area contributed by atoms with Crippen LogP contribution in [0.5, 0.6) is 0 Å². The molecule has 214 valence electrons. The first-order chi connectivity index (χ1) is 17.5. The summed E-state index contributed by atoms with van der Waals surface area (Å²) in [7, 11) is 0. The summed E-state index contributed by atoms with van der Waals surface area (Å²) in [5.41, 5.74) is -0.227. The van der Waals surface area contributed by atoms with Gasteiger partial charge in [-0.05, 0) is 20.8 Å². The second-order valence-electron chi connectivity index (χ2n) is 9.74. The summed E-state index contributed by atoms with van der Waals surface area (Å²) < 4.78 is 21.1. The summed E-state index contributed by atoms with van der Waals surface area (Å²) in [6.07, 6.45) is -15.5. The zero-order valence-electron chi connectivity index (χ0n) is 22.3. The molecule has 38 heavy (non-hydrogen) atoms. The van der Waals surface area contributed by atoms with Crippen molar-refractivity contribution >= 4 is 23.9 Å². The lowest BCUT2D eigenvalue weighted by atomic mass is 9.87. The normalized spacial score (nSPS) is 29.9. The fraction of sp³-hybridized carbons (Fsp3) is 0.615. The Kier molecular flexibility index (Phi) is 12.3. The Bertz CT molecular complexity index is 939. The number of hydrogen-bond acceptors (Lipinski definition) is 12. The third kappa shape index (κ3) is 9.05. The maximum Gasteiger partial charge on any atom is 0.333 e. The van der Waals surface area contributed by atoms with E-state index >= 15 is 0 Å². The predicted octanol–water partition coefficient (Wildman–Crippen LogP) is 0.255. The first kappa shape index (κ1) is 33.0. The van der Waals surface area contributed by atoms with E-state index in [9.17, 15) is 39.6 Å². The van der Waals surface area contributed by atoms with Gasteiger partial charge in [0.05, 0.1) is 18.1 Å². The zero-order valence-corrected chi connectivity index (χ0v) is 22.3. The van der Waals surface area contributed by atoms with Crippen LogP contribution < -0.4 is 0 Å². The lowest BCUT2D eigenvalue weighted by Crippen LogP contribution is -2.57. The van der Waals surface area contributed by atoms with Gasteiger partial charge < -0.3 is 39.4 Å². The Morgan fingerprint density at radius 1 is 0.632 bits per heavy atom. The lowest BCUT2D eigenvalue weighted by Gasteiger charge is -2.39. The minimum Gasteiger partial charge on any atom is -0.459 e. The van der Waals surface area contributed by atoms with Gasteiger partial charge in [-0.1, -0.05) is 33.6 Å². The van der Waals surface area contributed by atoms with Crippen molar-refractivity contribution in [2.45, 2.75) is 96.3 Å². The van der Waals surface area contributed by atoms with Gasteiger partial charge in [-0.3, -0.25) is 4.79 Å². The van der Waals surface area contributed by atoms with Crippen molar-refractivity contribution < 1.29 is 58.6 Å². The van der Waals surface area contributed by atoms with Crippen LogP contribution in [0.1, 0.15) is 47.5 Å². The molecule has 0 aromatic carbocycles. The van der Waals surface area contributed by atoms with E-state index in [4.69, 9.17) is 18.9 Å². The fourth-order valence-electron chi connectivity index (χ4n) is 3.41. The van der Waals surface area contributed by atoms with Crippen LogP contribution in [0.3, 0.4) is 0 Å². The van der Waals surface area contributed by atoms with E-state index in [2.05, 4.69) is 19.7 Å². The summed E-state index contributed by atoms with van der Waals surface area (Å²) in [4.78, 5) is 49.3. The number of aliphatic hydroxyl groups excluding tert-OH is 4. The van der Waals surface area contributed by atoms with E-state index in [1.807, 2.05) is 0 Å². The summed E-state index contributed by atoms with van der Waals surface area (Å²) in [5.74, 6) is -4.47. The molecular weight excluding hydrogens is 504 g/mol. The Morgan fingerprint density at radius 3 is 1.34 bits per heavy atom. The molecule has 0 aromatic rings. The van der Waals surface area contributed by atoms with Crippen LogP contribution in [0, 0.1) is 5.92 Å². The third-order valence-electron chi connectivity index (χ3n) is 5.67. The number of carbonyl (C=O) groups is 4. The number of esters is 4. The van der Waals surface area contributed by atoms with Crippen molar-refractivity contribution in [1.82, 2.24) is 0 Å².